The second-order valence-electron chi connectivity index (χ2n) is 6.98. The highest BCUT2D eigenvalue weighted by atomic mass is 35.5. The van der Waals surface area contributed by atoms with Gasteiger partial charge in [-0.05, 0) is 34.6 Å². The summed E-state index contributed by atoms with van der Waals surface area (Å²) in [5.41, 5.74) is 0.413. The van der Waals surface area contributed by atoms with Gasteiger partial charge in [-0.2, -0.15) is 5.11 Å². The Morgan fingerprint density at radius 2 is 1.43 bits per heavy atom. The minimum Gasteiger partial charge on any atom is -0.494 e. The van der Waals surface area contributed by atoms with Gasteiger partial charge in [0.1, 0.15) is 17.2 Å². The molecular formula is C24H29Cl2N3O6. The fourth-order valence-electron chi connectivity index (χ4n) is 3.00. The zero-order valence-corrected chi connectivity index (χ0v) is 21.8. The van der Waals surface area contributed by atoms with E-state index >= 15 is 0 Å². The van der Waals surface area contributed by atoms with Crippen molar-refractivity contribution < 1.29 is 28.5 Å². The Bertz CT molecular complexity index is 1080. The maximum atomic E-state index is 13.0. The quantitative estimate of drug-likeness (QED) is 0.244. The molecule has 0 aliphatic carbocycles. The maximum Gasteiger partial charge on any atom is 0.258 e. The lowest BCUT2D eigenvalue weighted by Gasteiger charge is -2.16. The van der Waals surface area contributed by atoms with Gasteiger partial charge in [-0.1, -0.05) is 23.2 Å². The van der Waals surface area contributed by atoms with Crippen LogP contribution in [0.2, 0.25) is 10.0 Å². The van der Waals surface area contributed by atoms with E-state index in [4.69, 9.17) is 42.1 Å². The molecule has 2 aromatic rings. The van der Waals surface area contributed by atoms with E-state index in [1.807, 2.05) is 13.8 Å². The highest BCUT2D eigenvalue weighted by Gasteiger charge is 2.26. The molecule has 2 rings (SSSR count). The number of Topliss-reactive ketones (excluding diaryl/α,β-unsaturated/α-hetero) is 1. The molecule has 0 aliphatic heterocycles. The van der Waals surface area contributed by atoms with Gasteiger partial charge in [0, 0.05) is 24.3 Å². The van der Waals surface area contributed by atoms with E-state index in [1.165, 1.54) is 6.92 Å². The van der Waals surface area contributed by atoms with Crippen molar-refractivity contribution in [1.29, 1.82) is 0 Å². The van der Waals surface area contributed by atoms with Crippen LogP contribution in [0, 0.1) is 0 Å². The standard InChI is InChI=1S/C24H29Cl2N3O6/c1-6-32-15-11-18(26)23(35-9-4)19(12-15)27-24(31)21(14(5)30)28-29-22-17(25)10-16(33-7-2)13-20(22)34-8-3/h10-13,21H,6-9H2,1-5H3,(H,27,31). The third-order valence-corrected chi connectivity index (χ3v) is 4.96. The van der Waals surface area contributed by atoms with Gasteiger partial charge in [-0.15, -0.1) is 5.11 Å². The van der Waals surface area contributed by atoms with E-state index in [0.29, 0.717) is 43.7 Å². The lowest BCUT2D eigenvalue weighted by molar-refractivity contribution is -0.126. The first-order chi connectivity index (χ1) is 16.7. The molecule has 35 heavy (non-hydrogen) atoms. The average Bonchev–Trinajstić information content (AvgIpc) is 2.78. The Hall–Kier alpha value is -3.04. The zero-order chi connectivity index (χ0) is 26.0. The van der Waals surface area contributed by atoms with Gasteiger partial charge in [-0.3, -0.25) is 9.59 Å². The first-order valence-corrected chi connectivity index (χ1v) is 11.9. The van der Waals surface area contributed by atoms with Crippen LogP contribution in [0.3, 0.4) is 0 Å². The second kappa shape index (κ2) is 13.7. The molecule has 0 radical (unpaired) electrons. The van der Waals surface area contributed by atoms with Crippen LogP contribution in [-0.2, 0) is 9.59 Å². The van der Waals surface area contributed by atoms with Gasteiger partial charge < -0.3 is 24.3 Å². The van der Waals surface area contributed by atoms with Crippen LogP contribution in [0.4, 0.5) is 11.4 Å². The molecule has 0 aromatic heterocycles. The monoisotopic (exact) mass is 525 g/mol. The third kappa shape index (κ3) is 7.73. The number of carbonyl (C=O) groups is 2. The molecule has 0 bridgehead atoms. The predicted molar refractivity (Wildman–Crippen MR) is 135 cm³/mol. The summed E-state index contributed by atoms with van der Waals surface area (Å²) in [6, 6.07) is 4.85. The fraction of sp³-hybridized carbons (Fsp3) is 0.417. The zero-order valence-electron chi connectivity index (χ0n) is 20.3. The fourth-order valence-corrected chi connectivity index (χ4v) is 3.50. The van der Waals surface area contributed by atoms with Crippen LogP contribution in [0.15, 0.2) is 34.5 Å². The third-order valence-electron chi connectivity index (χ3n) is 4.39. The normalized spacial score (nSPS) is 11.7. The van der Waals surface area contributed by atoms with Crippen molar-refractivity contribution in [3.63, 3.8) is 0 Å². The van der Waals surface area contributed by atoms with Crippen molar-refractivity contribution >= 4 is 46.3 Å². The molecule has 1 amide bonds. The highest BCUT2D eigenvalue weighted by Crippen LogP contribution is 2.40. The molecule has 1 atom stereocenters. The Morgan fingerprint density at radius 3 is 2.00 bits per heavy atom. The highest BCUT2D eigenvalue weighted by molar-refractivity contribution is 6.33. The summed E-state index contributed by atoms with van der Waals surface area (Å²) >= 11 is 12.7. The summed E-state index contributed by atoms with van der Waals surface area (Å²) in [5, 5.41) is 11.1. The van der Waals surface area contributed by atoms with E-state index < -0.39 is 17.7 Å². The van der Waals surface area contributed by atoms with Gasteiger partial charge >= 0.3 is 0 Å². The number of azo groups is 1. The number of amides is 1. The Labute approximate surface area is 214 Å². The molecular weight excluding hydrogens is 497 g/mol. The number of nitrogens with one attached hydrogen (secondary N) is 1. The van der Waals surface area contributed by atoms with Crippen molar-refractivity contribution in [3.05, 3.63) is 34.3 Å². The summed E-state index contributed by atoms with van der Waals surface area (Å²) in [6.45, 7) is 9.95. The van der Waals surface area contributed by atoms with Crippen LogP contribution < -0.4 is 24.3 Å². The largest absolute Gasteiger partial charge is 0.494 e. The second-order valence-corrected chi connectivity index (χ2v) is 7.80. The number of ketones is 1. The van der Waals surface area contributed by atoms with Crippen molar-refractivity contribution in [3.8, 4) is 23.0 Å². The predicted octanol–water partition coefficient (Wildman–Crippen LogP) is 6.27. The lowest BCUT2D eigenvalue weighted by Crippen LogP contribution is -2.32. The number of carbonyl (C=O) groups excluding carboxylic acids is 2. The number of halogens is 2. The van der Waals surface area contributed by atoms with E-state index in [1.54, 1.807) is 38.1 Å². The Kier molecular flexibility index (Phi) is 11.1. The molecule has 190 valence electrons. The van der Waals surface area contributed by atoms with Crippen LogP contribution in [-0.4, -0.2) is 44.2 Å². The Balaban J connectivity index is 2.40. The SMILES string of the molecule is CCOc1cc(Cl)c(OCC)c(NC(=O)C(N=Nc2c(Cl)cc(OCC)cc2OCC)C(C)=O)c1. The van der Waals surface area contributed by atoms with Crippen LogP contribution >= 0.6 is 23.2 Å². The van der Waals surface area contributed by atoms with E-state index in [0.717, 1.165) is 0 Å². The number of ether oxygens (including phenoxy) is 4. The topological polar surface area (TPSA) is 108 Å². The molecule has 1 unspecified atom stereocenters. The summed E-state index contributed by atoms with van der Waals surface area (Å²) < 4.78 is 22.1. The van der Waals surface area contributed by atoms with Gasteiger partial charge in [0.25, 0.3) is 5.91 Å². The van der Waals surface area contributed by atoms with Crippen LogP contribution in [0.5, 0.6) is 23.0 Å². The number of rotatable bonds is 13. The van der Waals surface area contributed by atoms with Gasteiger partial charge in [-0.25, -0.2) is 0 Å². The first-order valence-electron chi connectivity index (χ1n) is 11.2. The van der Waals surface area contributed by atoms with Crippen LogP contribution in [0.1, 0.15) is 34.6 Å². The molecule has 1 N–H and O–H groups in total. The molecule has 9 nitrogen and oxygen atoms in total. The number of anilines is 1. The van der Waals surface area contributed by atoms with Crippen LogP contribution in [0.25, 0.3) is 0 Å². The average molecular weight is 526 g/mol. The van der Waals surface area contributed by atoms with Crippen molar-refractivity contribution in [2.75, 3.05) is 31.7 Å². The smallest absolute Gasteiger partial charge is 0.258 e. The summed E-state index contributed by atoms with van der Waals surface area (Å²) in [7, 11) is 0. The number of nitrogens with zero attached hydrogens (tertiary/aromatic N) is 2. The number of hydrogen-bond donors (Lipinski definition) is 1. The first kappa shape index (κ1) is 28.2. The van der Waals surface area contributed by atoms with Crippen molar-refractivity contribution in [1.82, 2.24) is 0 Å². The molecule has 2 aromatic carbocycles. The van der Waals surface area contributed by atoms with Gasteiger partial charge in [0.2, 0.25) is 6.04 Å². The summed E-state index contributed by atoms with van der Waals surface area (Å²) in [6.07, 6.45) is 0. The van der Waals surface area contributed by atoms with Crippen molar-refractivity contribution in [2.24, 2.45) is 10.2 Å². The van der Waals surface area contributed by atoms with E-state index in [2.05, 4.69) is 15.5 Å². The Morgan fingerprint density at radius 1 is 0.857 bits per heavy atom. The molecule has 0 saturated heterocycles. The molecule has 0 aliphatic rings. The summed E-state index contributed by atoms with van der Waals surface area (Å²) in [5.74, 6) is 0.224. The van der Waals surface area contributed by atoms with E-state index in [-0.39, 0.29) is 27.2 Å². The number of hydrogen-bond acceptors (Lipinski definition) is 8. The molecule has 11 heteroatoms. The molecule has 0 heterocycles. The van der Waals surface area contributed by atoms with Gasteiger partial charge in [0.15, 0.2) is 17.3 Å². The molecule has 0 spiro atoms. The van der Waals surface area contributed by atoms with Crippen molar-refractivity contribution in [2.45, 2.75) is 40.7 Å². The number of benzene rings is 2. The minimum atomic E-state index is -1.46. The van der Waals surface area contributed by atoms with E-state index in [9.17, 15) is 9.59 Å². The molecule has 0 fully saturated rings. The lowest BCUT2D eigenvalue weighted by atomic mass is 10.2. The summed E-state index contributed by atoms with van der Waals surface area (Å²) in [4.78, 5) is 25.3. The minimum absolute atomic E-state index is 0.174. The maximum absolute atomic E-state index is 13.0. The van der Waals surface area contributed by atoms with Gasteiger partial charge in [0.05, 0.1) is 42.2 Å². The molecule has 0 saturated carbocycles.